The topological polar surface area (TPSA) is 189 Å². The second kappa shape index (κ2) is 6.32. The van der Waals surface area contributed by atoms with Crippen molar-refractivity contribution in [3.63, 3.8) is 0 Å². The maximum absolute atomic E-state index is 11.5. The van der Waals surface area contributed by atoms with E-state index in [0.717, 1.165) is 0 Å². The Morgan fingerprint density at radius 1 is 1.09 bits per heavy atom. The molecule has 2 rings (SSSR count). The summed E-state index contributed by atoms with van der Waals surface area (Å²) in [4.78, 5) is 27.2. The fourth-order valence-electron chi connectivity index (χ4n) is 1.89. The number of rotatable bonds is 7. The third-order valence-electron chi connectivity index (χ3n) is 2.88. The van der Waals surface area contributed by atoms with Crippen LogP contribution in [0.15, 0.2) is 0 Å². The third-order valence-corrected chi connectivity index (χ3v) is 7.04. The van der Waals surface area contributed by atoms with Crippen LogP contribution < -0.4 is 0 Å². The molecule has 0 saturated carbocycles. The molecule has 1 spiro atoms. The molecule has 0 aromatic rings. The molecule has 0 radical (unpaired) electrons. The van der Waals surface area contributed by atoms with Crippen molar-refractivity contribution in [2.24, 2.45) is 0 Å². The molecule has 17 heteroatoms. The van der Waals surface area contributed by atoms with E-state index < -0.39 is 53.6 Å². The number of hydrogen-bond acceptors (Lipinski definition) is 9. The van der Waals surface area contributed by atoms with Crippen LogP contribution in [-0.4, -0.2) is 75.5 Å². The summed E-state index contributed by atoms with van der Waals surface area (Å²) in [6.07, 6.45) is -3.93. The fourth-order valence-corrected chi connectivity index (χ4v) is 5.38. The number of phosphoric ester groups is 1. The zero-order valence-corrected chi connectivity index (χ0v) is 14.2. The van der Waals surface area contributed by atoms with Crippen molar-refractivity contribution in [3.05, 3.63) is 0 Å². The van der Waals surface area contributed by atoms with E-state index in [1.807, 2.05) is 0 Å². The van der Waals surface area contributed by atoms with Crippen LogP contribution in [0.1, 0.15) is 0 Å². The number of phosphoric acid groups is 2. The average molecular weight is 392 g/mol. The van der Waals surface area contributed by atoms with Crippen LogP contribution in [0.3, 0.4) is 0 Å². The molecule has 2 aliphatic heterocycles. The molecule has 5 N–H and O–H groups in total. The maximum atomic E-state index is 11.5. The van der Waals surface area contributed by atoms with E-state index in [1.54, 1.807) is 0 Å². The first kappa shape index (κ1) is 19.8. The predicted molar refractivity (Wildman–Crippen MR) is 74.6 cm³/mol. The summed E-state index contributed by atoms with van der Waals surface area (Å²) in [6, 6.07) is 0. The average Bonchev–Trinajstić information content (AvgIpc) is 3.04. The normalized spacial score (nSPS) is 35.7. The number of hydrogen-bond donors (Lipinski definition) is 5. The fraction of sp³-hybridized carbons (Fsp3) is 1.00. The first-order chi connectivity index (χ1) is 10.3. The van der Waals surface area contributed by atoms with Crippen LogP contribution in [0.4, 0.5) is 0 Å². The Bertz CT molecular complexity index is 639. The van der Waals surface area contributed by atoms with Gasteiger partial charge in [0.2, 0.25) is 0 Å². The van der Waals surface area contributed by atoms with E-state index in [-0.39, 0.29) is 0 Å². The molecule has 6 atom stereocenters. The summed E-state index contributed by atoms with van der Waals surface area (Å²) in [5.74, 6) is 0. The Balaban J connectivity index is 1.91. The van der Waals surface area contributed by atoms with Gasteiger partial charge in [0.25, 0.3) is 0 Å². The molecule has 0 bridgehead atoms. The summed E-state index contributed by atoms with van der Waals surface area (Å²) >= 11 is 0. The molecule has 2 aliphatic rings. The van der Waals surface area contributed by atoms with Gasteiger partial charge in [-0.15, -0.1) is 0 Å². The molecule has 23 heavy (non-hydrogen) atoms. The second-order valence-corrected chi connectivity index (χ2v) is 10.0. The van der Waals surface area contributed by atoms with Crippen molar-refractivity contribution < 1.29 is 56.5 Å². The summed E-state index contributed by atoms with van der Waals surface area (Å²) in [6.45, 7) is 2.73. The Morgan fingerprint density at radius 3 is 2.09 bits per heavy atom. The van der Waals surface area contributed by atoms with Crippen LogP contribution in [0, 0.1) is 0 Å². The molecule has 1 saturated heterocycles. The number of ether oxygens (including phenoxy) is 1. The Hall–Kier alpha value is 0.460. The van der Waals surface area contributed by atoms with Gasteiger partial charge in [0.15, 0.2) is 0 Å². The summed E-state index contributed by atoms with van der Waals surface area (Å²) in [5, 5.41) is 18.2. The van der Waals surface area contributed by atoms with Crippen LogP contribution in [0.2, 0.25) is 0 Å². The van der Waals surface area contributed by atoms with Gasteiger partial charge in [-0.3, -0.25) is 0 Å². The summed E-state index contributed by atoms with van der Waals surface area (Å²) in [5.41, 5.74) is 0. The second-order valence-electron chi connectivity index (χ2n) is 4.98. The van der Waals surface area contributed by atoms with E-state index in [0.29, 0.717) is 6.66 Å². The number of aliphatic hydroxyl groups excluding tert-OH is 2. The van der Waals surface area contributed by atoms with E-state index in [9.17, 15) is 28.8 Å². The van der Waals surface area contributed by atoms with E-state index in [2.05, 4.69) is 13.1 Å². The zero-order chi connectivity index (χ0) is 17.7. The number of aliphatic hydroxyl groups is 2. The Morgan fingerprint density at radius 2 is 1.65 bits per heavy atom. The van der Waals surface area contributed by atoms with E-state index in [4.69, 9.17) is 14.5 Å². The van der Waals surface area contributed by atoms with Gasteiger partial charge in [-0.25, -0.2) is 0 Å². The standard InChI is InChI=1S/C6H13B2O12P3/c1-21(11,12)19-23(15,16)20-22(13,14)17-2-3-4(9)5(10)6(18-3)7-8-6/h3-5,9-10H,2H2,1H3,(H,11,12)(H,13,14)(H,15,16). The van der Waals surface area contributed by atoms with E-state index in [1.165, 1.54) is 13.6 Å². The van der Waals surface area contributed by atoms with E-state index >= 15 is 0 Å². The van der Waals surface area contributed by atoms with Crippen LogP contribution in [0.5, 0.6) is 0 Å². The van der Waals surface area contributed by atoms with Gasteiger partial charge >= 0.3 is 130 Å². The van der Waals surface area contributed by atoms with Crippen molar-refractivity contribution >= 4 is 36.8 Å². The van der Waals surface area contributed by atoms with Gasteiger partial charge in [0.05, 0.1) is 0 Å². The minimum absolute atomic E-state index is 0.564. The Kier molecular flexibility index (Phi) is 5.43. The first-order valence-corrected chi connectivity index (χ1v) is 11.0. The molecular formula is C6H13B2O12P3. The molecule has 0 aromatic heterocycles. The van der Waals surface area contributed by atoms with Crippen molar-refractivity contribution in [2.75, 3.05) is 13.3 Å². The van der Waals surface area contributed by atoms with Crippen molar-refractivity contribution in [2.45, 2.75) is 23.7 Å². The van der Waals surface area contributed by atoms with Gasteiger partial charge in [0.1, 0.15) is 0 Å². The monoisotopic (exact) mass is 392 g/mol. The molecule has 0 aromatic carbocycles. The Labute approximate surface area is 131 Å². The molecule has 2 heterocycles. The van der Waals surface area contributed by atoms with Crippen LogP contribution >= 0.6 is 23.2 Å². The SMILES string of the molecule is CP(=O)(O)OP(=O)(O)OP(=O)(O)OCC1OC2(B=B2)C(O)C1O. The van der Waals surface area contributed by atoms with Crippen LogP contribution in [-0.2, 0) is 31.6 Å². The summed E-state index contributed by atoms with van der Waals surface area (Å²) < 4.78 is 50.9. The van der Waals surface area contributed by atoms with Gasteiger partial charge in [-0.2, -0.15) is 0 Å². The quantitative estimate of drug-likeness (QED) is 0.241. The van der Waals surface area contributed by atoms with Crippen molar-refractivity contribution in [3.8, 4) is 0 Å². The third kappa shape index (κ3) is 5.22. The zero-order valence-electron chi connectivity index (χ0n) is 11.5. The van der Waals surface area contributed by atoms with Crippen molar-refractivity contribution in [1.29, 1.82) is 0 Å². The van der Waals surface area contributed by atoms with Crippen LogP contribution in [0.25, 0.3) is 0 Å². The molecule has 130 valence electrons. The molecule has 0 aliphatic carbocycles. The minimum atomic E-state index is -5.35. The van der Waals surface area contributed by atoms with Gasteiger partial charge < -0.3 is 0 Å². The molecule has 12 nitrogen and oxygen atoms in total. The van der Waals surface area contributed by atoms with Gasteiger partial charge in [-0.05, 0) is 0 Å². The molecular weight excluding hydrogens is 379 g/mol. The first-order valence-electron chi connectivity index (χ1n) is 6.03. The van der Waals surface area contributed by atoms with Gasteiger partial charge in [-0.1, -0.05) is 0 Å². The molecule has 0 amide bonds. The molecule has 1 fully saturated rings. The van der Waals surface area contributed by atoms with Gasteiger partial charge in [0, 0.05) is 0 Å². The summed E-state index contributed by atoms with van der Waals surface area (Å²) in [7, 11) is -15.0. The van der Waals surface area contributed by atoms with Crippen molar-refractivity contribution in [1.82, 2.24) is 0 Å². The molecule has 6 unspecified atom stereocenters. The predicted octanol–water partition coefficient (Wildman–Crippen LogP) is -1.84.